The first kappa shape index (κ1) is 11.0. The zero-order chi connectivity index (χ0) is 11.1. The van der Waals surface area contributed by atoms with Gasteiger partial charge in [-0.25, -0.2) is 4.68 Å². The van der Waals surface area contributed by atoms with Gasteiger partial charge in [-0.1, -0.05) is 5.21 Å². The molecule has 1 N–H and O–H groups in total. The molecular formula is C9H15BrN4O. The lowest BCUT2D eigenvalue weighted by atomic mass is 9.89. The largest absolute Gasteiger partial charge is 0.383 e. The van der Waals surface area contributed by atoms with E-state index in [2.05, 4.69) is 38.2 Å². The van der Waals surface area contributed by atoms with Gasteiger partial charge >= 0.3 is 0 Å². The van der Waals surface area contributed by atoms with Gasteiger partial charge in [-0.05, 0) is 35.8 Å². The van der Waals surface area contributed by atoms with E-state index < -0.39 is 5.60 Å². The molecule has 0 saturated carbocycles. The molecule has 1 fully saturated rings. The molecule has 0 radical (unpaired) electrons. The molecule has 0 bridgehead atoms. The molecular weight excluding hydrogens is 260 g/mol. The number of aromatic nitrogens is 3. The normalized spacial score (nSPS) is 21.9. The standard InChI is InChI=1S/C9H15BrN4O/c1-13-5-3-9(15,4-6-13)7-8(10)11-12-14(7)2/h15H,3-6H2,1-2H3. The van der Waals surface area contributed by atoms with Crippen LogP contribution < -0.4 is 0 Å². The van der Waals surface area contributed by atoms with E-state index in [-0.39, 0.29) is 0 Å². The number of nitrogens with zero attached hydrogens (tertiary/aromatic N) is 4. The average Bonchev–Trinajstić information content (AvgIpc) is 2.52. The molecule has 0 aliphatic carbocycles. The van der Waals surface area contributed by atoms with Crippen LogP contribution in [0.1, 0.15) is 18.5 Å². The Morgan fingerprint density at radius 1 is 1.33 bits per heavy atom. The van der Waals surface area contributed by atoms with Crippen LogP contribution in [0.15, 0.2) is 4.60 Å². The van der Waals surface area contributed by atoms with Crippen LogP contribution in [0.2, 0.25) is 0 Å². The Labute approximate surface area is 97.2 Å². The van der Waals surface area contributed by atoms with Crippen LogP contribution in [-0.4, -0.2) is 45.1 Å². The quantitative estimate of drug-likeness (QED) is 0.810. The van der Waals surface area contributed by atoms with Gasteiger partial charge in [-0.2, -0.15) is 0 Å². The van der Waals surface area contributed by atoms with Gasteiger partial charge in [0.1, 0.15) is 11.3 Å². The lowest BCUT2D eigenvalue weighted by Crippen LogP contribution is -2.42. The predicted octanol–water partition coefficient (Wildman–Crippen LogP) is 0.491. The third-order valence-electron chi connectivity index (χ3n) is 3.04. The van der Waals surface area contributed by atoms with Crippen LogP contribution in [0.4, 0.5) is 0 Å². The van der Waals surface area contributed by atoms with Crippen LogP contribution in [-0.2, 0) is 12.6 Å². The lowest BCUT2D eigenvalue weighted by molar-refractivity contribution is -0.0273. The number of hydrogen-bond donors (Lipinski definition) is 1. The first-order valence-corrected chi connectivity index (χ1v) is 5.79. The van der Waals surface area contributed by atoms with E-state index in [9.17, 15) is 5.11 Å². The summed E-state index contributed by atoms with van der Waals surface area (Å²) < 4.78 is 2.30. The van der Waals surface area contributed by atoms with E-state index in [0.717, 1.165) is 31.6 Å². The van der Waals surface area contributed by atoms with E-state index in [0.29, 0.717) is 4.60 Å². The van der Waals surface area contributed by atoms with Crippen molar-refractivity contribution in [1.82, 2.24) is 19.9 Å². The molecule has 1 saturated heterocycles. The summed E-state index contributed by atoms with van der Waals surface area (Å²) in [7, 11) is 3.87. The second-order valence-corrected chi connectivity index (χ2v) is 4.94. The molecule has 15 heavy (non-hydrogen) atoms. The number of aliphatic hydroxyl groups is 1. The number of likely N-dealkylation sites (tertiary alicyclic amines) is 1. The fourth-order valence-corrected chi connectivity index (χ4v) is 2.75. The van der Waals surface area contributed by atoms with Crippen molar-refractivity contribution < 1.29 is 5.11 Å². The molecule has 2 rings (SSSR count). The molecule has 2 heterocycles. The average molecular weight is 275 g/mol. The van der Waals surface area contributed by atoms with E-state index in [4.69, 9.17) is 0 Å². The Bertz CT molecular complexity index is 337. The summed E-state index contributed by atoms with van der Waals surface area (Å²) in [6, 6.07) is 0. The maximum atomic E-state index is 10.6. The zero-order valence-corrected chi connectivity index (χ0v) is 10.5. The highest BCUT2D eigenvalue weighted by Gasteiger charge is 2.37. The second-order valence-electron chi connectivity index (χ2n) is 4.19. The smallest absolute Gasteiger partial charge is 0.154 e. The van der Waals surface area contributed by atoms with Crippen molar-refractivity contribution in [2.24, 2.45) is 7.05 Å². The minimum absolute atomic E-state index is 0.650. The first-order valence-electron chi connectivity index (χ1n) is 4.99. The summed E-state index contributed by atoms with van der Waals surface area (Å²) in [5, 5.41) is 18.4. The maximum Gasteiger partial charge on any atom is 0.154 e. The Hall–Kier alpha value is -0.460. The van der Waals surface area contributed by atoms with Gasteiger partial charge in [0, 0.05) is 20.1 Å². The number of piperidine rings is 1. The summed E-state index contributed by atoms with van der Waals surface area (Å²) in [6.07, 6.45) is 1.45. The summed E-state index contributed by atoms with van der Waals surface area (Å²) >= 11 is 3.33. The Kier molecular flexibility index (Phi) is 2.83. The summed E-state index contributed by atoms with van der Waals surface area (Å²) in [5.74, 6) is 0. The van der Waals surface area contributed by atoms with Gasteiger partial charge < -0.3 is 10.0 Å². The number of rotatable bonds is 1. The Morgan fingerprint density at radius 2 is 1.93 bits per heavy atom. The van der Waals surface area contributed by atoms with Crippen molar-refractivity contribution >= 4 is 15.9 Å². The molecule has 84 valence electrons. The van der Waals surface area contributed by atoms with Crippen molar-refractivity contribution in [3.63, 3.8) is 0 Å². The zero-order valence-electron chi connectivity index (χ0n) is 8.94. The van der Waals surface area contributed by atoms with Gasteiger partial charge in [0.15, 0.2) is 4.60 Å². The summed E-state index contributed by atoms with van der Waals surface area (Å²) in [5.41, 5.74) is -0.000509. The Morgan fingerprint density at radius 3 is 2.40 bits per heavy atom. The number of aryl methyl sites for hydroxylation is 1. The van der Waals surface area contributed by atoms with Crippen molar-refractivity contribution in [1.29, 1.82) is 0 Å². The molecule has 0 aromatic carbocycles. The van der Waals surface area contributed by atoms with Gasteiger partial charge in [0.2, 0.25) is 0 Å². The van der Waals surface area contributed by atoms with E-state index >= 15 is 0 Å². The molecule has 6 heteroatoms. The molecule has 1 aliphatic rings. The topological polar surface area (TPSA) is 54.2 Å². The molecule has 0 amide bonds. The third-order valence-corrected chi connectivity index (χ3v) is 3.57. The highest BCUT2D eigenvalue weighted by Crippen LogP contribution is 2.35. The monoisotopic (exact) mass is 274 g/mol. The highest BCUT2D eigenvalue weighted by molar-refractivity contribution is 9.10. The minimum Gasteiger partial charge on any atom is -0.383 e. The van der Waals surface area contributed by atoms with Crippen molar-refractivity contribution in [3.05, 3.63) is 10.3 Å². The van der Waals surface area contributed by atoms with Gasteiger partial charge in [-0.15, -0.1) is 5.10 Å². The van der Waals surface area contributed by atoms with Crippen LogP contribution in [0.25, 0.3) is 0 Å². The number of halogens is 1. The SMILES string of the molecule is CN1CCC(O)(c2c(Br)nnn2C)CC1. The molecule has 0 atom stereocenters. The minimum atomic E-state index is -0.788. The van der Waals surface area contributed by atoms with Gasteiger partial charge in [0.25, 0.3) is 0 Å². The molecule has 1 aromatic heterocycles. The molecule has 0 unspecified atom stereocenters. The maximum absolute atomic E-state index is 10.6. The molecule has 0 spiro atoms. The van der Waals surface area contributed by atoms with E-state index in [1.807, 2.05) is 7.05 Å². The highest BCUT2D eigenvalue weighted by atomic mass is 79.9. The van der Waals surface area contributed by atoms with Crippen molar-refractivity contribution in [3.8, 4) is 0 Å². The van der Waals surface area contributed by atoms with Crippen LogP contribution in [0.3, 0.4) is 0 Å². The van der Waals surface area contributed by atoms with Crippen LogP contribution in [0, 0.1) is 0 Å². The number of hydrogen-bond acceptors (Lipinski definition) is 4. The van der Waals surface area contributed by atoms with E-state index in [1.54, 1.807) is 4.68 Å². The van der Waals surface area contributed by atoms with Crippen LogP contribution in [0.5, 0.6) is 0 Å². The van der Waals surface area contributed by atoms with E-state index in [1.165, 1.54) is 0 Å². The molecule has 1 aliphatic heterocycles. The molecule has 1 aromatic rings. The fourth-order valence-electron chi connectivity index (χ4n) is 2.05. The predicted molar refractivity (Wildman–Crippen MR) is 59.3 cm³/mol. The van der Waals surface area contributed by atoms with Gasteiger partial charge in [-0.3, -0.25) is 0 Å². The lowest BCUT2D eigenvalue weighted by Gasteiger charge is -2.36. The van der Waals surface area contributed by atoms with Crippen molar-refractivity contribution in [2.45, 2.75) is 18.4 Å². The summed E-state index contributed by atoms with van der Waals surface area (Å²) in [6.45, 7) is 1.79. The van der Waals surface area contributed by atoms with Crippen LogP contribution >= 0.6 is 15.9 Å². The third kappa shape index (κ3) is 1.93. The van der Waals surface area contributed by atoms with Gasteiger partial charge in [0.05, 0.1) is 0 Å². The second kappa shape index (κ2) is 3.84. The Balaban J connectivity index is 2.30. The summed E-state index contributed by atoms with van der Waals surface area (Å²) in [4.78, 5) is 2.21. The molecule has 5 nitrogen and oxygen atoms in total. The van der Waals surface area contributed by atoms with Crippen molar-refractivity contribution in [2.75, 3.05) is 20.1 Å². The fraction of sp³-hybridized carbons (Fsp3) is 0.778. The first-order chi connectivity index (χ1) is 7.03.